The monoisotopic (exact) mass is 424 g/mol. The predicted molar refractivity (Wildman–Crippen MR) is 126 cm³/mol. The summed E-state index contributed by atoms with van der Waals surface area (Å²) in [6.45, 7) is 5.30. The molecule has 0 heterocycles. The van der Waals surface area contributed by atoms with Crippen LogP contribution in [0.4, 0.5) is 9.59 Å². The van der Waals surface area contributed by atoms with Crippen LogP contribution in [0.25, 0.3) is 0 Å². The first-order valence-corrected chi connectivity index (χ1v) is 11.2. The molecule has 6 nitrogen and oxygen atoms in total. The molecule has 0 radical (unpaired) electrons. The number of carbonyl (C=O) groups excluding carboxylic acids is 2. The summed E-state index contributed by atoms with van der Waals surface area (Å²) >= 11 is 0. The van der Waals surface area contributed by atoms with Gasteiger partial charge in [-0.05, 0) is 37.8 Å². The highest BCUT2D eigenvalue weighted by Gasteiger charge is 2.09. The first-order chi connectivity index (χ1) is 15.1. The second-order valence-electron chi connectivity index (χ2n) is 7.83. The van der Waals surface area contributed by atoms with Crippen molar-refractivity contribution in [3.63, 3.8) is 0 Å². The van der Waals surface area contributed by atoms with E-state index in [1.165, 1.54) is 0 Å². The second-order valence-corrected chi connectivity index (χ2v) is 7.83. The maximum atomic E-state index is 12.0. The van der Waals surface area contributed by atoms with E-state index in [2.05, 4.69) is 21.3 Å². The highest BCUT2D eigenvalue weighted by Crippen LogP contribution is 2.11. The van der Waals surface area contributed by atoms with Crippen molar-refractivity contribution in [1.29, 1.82) is 0 Å². The topological polar surface area (TPSA) is 82.3 Å². The fourth-order valence-corrected chi connectivity index (χ4v) is 3.33. The standard InChI is InChI=1S/C25H36N4O2/c1-20(22-14-8-6-9-15-22)28-24(30)26-18-12-4-3-5-13-19-27-25(31)29-21(2)23-16-10-7-11-17-23/h6-11,14-17,20-21H,3-5,12-13,18-19H2,1-2H3,(H2,26,28,30)(H2,27,29,31)/t20-,21-/m0/s1. The summed E-state index contributed by atoms with van der Waals surface area (Å²) in [5.74, 6) is 0. The van der Waals surface area contributed by atoms with Crippen molar-refractivity contribution in [2.45, 2.75) is 58.0 Å². The van der Waals surface area contributed by atoms with Gasteiger partial charge < -0.3 is 21.3 Å². The SMILES string of the molecule is C[C@H](NC(=O)NCCCCCCCNC(=O)N[C@@H](C)c1ccccc1)c1ccccc1. The number of urea groups is 2. The molecule has 0 aromatic heterocycles. The van der Waals surface area contributed by atoms with Gasteiger partial charge in [-0.25, -0.2) is 9.59 Å². The molecule has 0 bridgehead atoms. The van der Waals surface area contributed by atoms with Gasteiger partial charge in [-0.2, -0.15) is 0 Å². The van der Waals surface area contributed by atoms with E-state index in [-0.39, 0.29) is 24.1 Å². The Kier molecular flexibility index (Phi) is 11.0. The van der Waals surface area contributed by atoms with E-state index in [0.29, 0.717) is 13.1 Å². The van der Waals surface area contributed by atoms with Crippen LogP contribution < -0.4 is 21.3 Å². The molecule has 2 aromatic rings. The van der Waals surface area contributed by atoms with E-state index in [1.54, 1.807) is 0 Å². The van der Waals surface area contributed by atoms with Gasteiger partial charge in [0.05, 0.1) is 12.1 Å². The Morgan fingerprint density at radius 1 is 0.613 bits per heavy atom. The molecule has 0 spiro atoms. The quantitative estimate of drug-likeness (QED) is 0.359. The summed E-state index contributed by atoms with van der Waals surface area (Å²) in [6, 6.07) is 19.6. The van der Waals surface area contributed by atoms with Crippen LogP contribution in [0.1, 0.15) is 69.2 Å². The molecule has 2 rings (SSSR count). The van der Waals surface area contributed by atoms with Crippen LogP contribution in [0, 0.1) is 0 Å². The van der Waals surface area contributed by atoms with Gasteiger partial charge in [-0.15, -0.1) is 0 Å². The van der Waals surface area contributed by atoms with Crippen LogP contribution in [-0.4, -0.2) is 25.2 Å². The van der Waals surface area contributed by atoms with Crippen molar-refractivity contribution >= 4 is 12.1 Å². The first-order valence-electron chi connectivity index (χ1n) is 11.2. The van der Waals surface area contributed by atoms with Crippen molar-refractivity contribution in [3.05, 3.63) is 71.8 Å². The van der Waals surface area contributed by atoms with Gasteiger partial charge in [0.2, 0.25) is 0 Å². The predicted octanol–water partition coefficient (Wildman–Crippen LogP) is 5.06. The molecule has 168 valence electrons. The average Bonchev–Trinajstić information content (AvgIpc) is 2.79. The number of nitrogens with one attached hydrogen (secondary N) is 4. The van der Waals surface area contributed by atoms with Gasteiger partial charge in [0.25, 0.3) is 0 Å². The number of hydrogen-bond donors (Lipinski definition) is 4. The lowest BCUT2D eigenvalue weighted by molar-refractivity contribution is 0.237. The average molecular weight is 425 g/mol. The van der Waals surface area contributed by atoms with Gasteiger partial charge in [-0.3, -0.25) is 0 Å². The summed E-state index contributed by atoms with van der Waals surface area (Å²) in [5.41, 5.74) is 2.18. The molecular weight excluding hydrogens is 388 g/mol. The molecule has 0 unspecified atom stereocenters. The Balaban J connectivity index is 1.43. The zero-order valence-corrected chi connectivity index (χ0v) is 18.7. The largest absolute Gasteiger partial charge is 0.338 e. The summed E-state index contributed by atoms with van der Waals surface area (Å²) in [5, 5.41) is 11.7. The lowest BCUT2D eigenvalue weighted by Gasteiger charge is -2.15. The molecule has 0 aliphatic carbocycles. The Labute approximate surface area is 186 Å². The van der Waals surface area contributed by atoms with Crippen molar-refractivity contribution in [2.24, 2.45) is 0 Å². The Morgan fingerprint density at radius 3 is 1.35 bits per heavy atom. The van der Waals surface area contributed by atoms with Gasteiger partial charge >= 0.3 is 12.1 Å². The molecular formula is C25H36N4O2. The number of carbonyl (C=O) groups is 2. The molecule has 0 fully saturated rings. The number of benzene rings is 2. The third kappa shape index (κ3) is 10.0. The number of hydrogen-bond acceptors (Lipinski definition) is 2. The molecule has 0 aliphatic heterocycles. The van der Waals surface area contributed by atoms with E-state index in [4.69, 9.17) is 0 Å². The molecule has 31 heavy (non-hydrogen) atoms. The van der Waals surface area contributed by atoms with Gasteiger partial charge in [0.1, 0.15) is 0 Å². The molecule has 6 heteroatoms. The molecule has 2 atom stereocenters. The fourth-order valence-electron chi connectivity index (χ4n) is 3.33. The zero-order valence-electron chi connectivity index (χ0n) is 18.7. The van der Waals surface area contributed by atoms with Crippen molar-refractivity contribution in [3.8, 4) is 0 Å². The fraction of sp³-hybridized carbons (Fsp3) is 0.440. The van der Waals surface area contributed by atoms with E-state index < -0.39 is 0 Å². The summed E-state index contributed by atoms with van der Waals surface area (Å²) in [7, 11) is 0. The molecule has 0 aliphatic rings. The number of unbranched alkanes of at least 4 members (excludes halogenated alkanes) is 4. The van der Waals surface area contributed by atoms with Crippen LogP contribution in [0.5, 0.6) is 0 Å². The molecule has 2 aromatic carbocycles. The number of amides is 4. The van der Waals surface area contributed by atoms with Crippen LogP contribution >= 0.6 is 0 Å². The number of rotatable bonds is 12. The van der Waals surface area contributed by atoms with Crippen LogP contribution in [0.2, 0.25) is 0 Å². The maximum Gasteiger partial charge on any atom is 0.315 e. The third-order valence-corrected chi connectivity index (χ3v) is 5.22. The normalized spacial score (nSPS) is 12.5. The smallest absolute Gasteiger partial charge is 0.315 e. The Bertz CT molecular complexity index is 702. The lowest BCUT2D eigenvalue weighted by atomic mass is 10.1. The van der Waals surface area contributed by atoms with Crippen LogP contribution in [0.3, 0.4) is 0 Å². The highest BCUT2D eigenvalue weighted by molar-refractivity contribution is 5.74. The minimum absolute atomic E-state index is 0.0124. The highest BCUT2D eigenvalue weighted by atomic mass is 16.2. The summed E-state index contributed by atoms with van der Waals surface area (Å²) in [6.07, 6.45) is 5.12. The zero-order chi connectivity index (χ0) is 22.3. The molecule has 0 saturated carbocycles. The van der Waals surface area contributed by atoms with Gasteiger partial charge in [0, 0.05) is 13.1 Å². The summed E-state index contributed by atoms with van der Waals surface area (Å²) < 4.78 is 0. The third-order valence-electron chi connectivity index (χ3n) is 5.22. The lowest BCUT2D eigenvalue weighted by Crippen LogP contribution is -2.37. The van der Waals surface area contributed by atoms with E-state index in [1.807, 2.05) is 74.5 Å². The van der Waals surface area contributed by atoms with Crippen molar-refractivity contribution in [2.75, 3.05) is 13.1 Å². The Hall–Kier alpha value is -3.02. The summed E-state index contributed by atoms with van der Waals surface area (Å²) in [4.78, 5) is 23.9. The van der Waals surface area contributed by atoms with Gasteiger partial charge in [-0.1, -0.05) is 79.9 Å². The van der Waals surface area contributed by atoms with E-state index in [9.17, 15) is 9.59 Å². The van der Waals surface area contributed by atoms with Crippen LogP contribution in [-0.2, 0) is 0 Å². The van der Waals surface area contributed by atoms with E-state index in [0.717, 1.165) is 43.2 Å². The molecule has 4 N–H and O–H groups in total. The van der Waals surface area contributed by atoms with Crippen molar-refractivity contribution < 1.29 is 9.59 Å². The van der Waals surface area contributed by atoms with Crippen molar-refractivity contribution in [1.82, 2.24) is 21.3 Å². The molecule has 4 amide bonds. The van der Waals surface area contributed by atoms with Gasteiger partial charge in [0.15, 0.2) is 0 Å². The molecule has 0 saturated heterocycles. The second kappa shape index (κ2) is 14.1. The maximum absolute atomic E-state index is 12.0. The minimum atomic E-state index is -0.128. The minimum Gasteiger partial charge on any atom is -0.338 e. The first kappa shape index (κ1) is 24.3. The van der Waals surface area contributed by atoms with E-state index >= 15 is 0 Å². The Morgan fingerprint density at radius 2 is 0.968 bits per heavy atom. The van der Waals surface area contributed by atoms with Crippen LogP contribution in [0.15, 0.2) is 60.7 Å².